The number of aliphatic carboxylic acids is 1. The third-order valence-corrected chi connectivity index (χ3v) is 1.52. The van der Waals surface area contributed by atoms with Crippen LogP contribution in [0.5, 0.6) is 0 Å². The van der Waals surface area contributed by atoms with Crippen molar-refractivity contribution in [2.75, 3.05) is 26.4 Å². The minimum Gasteiger partial charge on any atom is -0.480 e. The Morgan fingerprint density at radius 2 is 1.54 bits per heavy atom. The SMILES string of the molecule is O=C(O)CNC(CO)(CO)CO.[AlH3]. The molecule has 7 heteroatoms. The zero-order valence-electron chi connectivity index (χ0n) is 6.53. The van der Waals surface area contributed by atoms with Crippen LogP contribution in [-0.2, 0) is 4.79 Å². The minimum absolute atomic E-state index is 0. The smallest absolute Gasteiger partial charge is 0.317 e. The number of rotatable bonds is 6. The molecule has 0 unspecified atom stereocenters. The zero-order valence-corrected chi connectivity index (χ0v) is 6.53. The summed E-state index contributed by atoms with van der Waals surface area (Å²) in [4.78, 5) is 10.1. The predicted molar refractivity (Wildman–Crippen MR) is 49.6 cm³/mol. The van der Waals surface area contributed by atoms with Crippen LogP contribution >= 0.6 is 0 Å². The number of carboxylic acid groups (broad SMARTS) is 1. The van der Waals surface area contributed by atoms with E-state index in [1.54, 1.807) is 0 Å². The van der Waals surface area contributed by atoms with Gasteiger partial charge in [-0.1, -0.05) is 0 Å². The van der Waals surface area contributed by atoms with E-state index in [-0.39, 0.29) is 17.4 Å². The lowest BCUT2D eigenvalue weighted by Gasteiger charge is -2.27. The Hall–Kier alpha value is -0.158. The van der Waals surface area contributed by atoms with E-state index < -0.39 is 37.9 Å². The Balaban J connectivity index is 0. The van der Waals surface area contributed by atoms with Gasteiger partial charge in [-0.15, -0.1) is 0 Å². The Labute approximate surface area is 86.3 Å². The molecule has 0 heterocycles. The van der Waals surface area contributed by atoms with Crippen molar-refractivity contribution in [3.05, 3.63) is 0 Å². The highest BCUT2D eigenvalue weighted by molar-refractivity contribution is 5.75. The van der Waals surface area contributed by atoms with E-state index in [1.165, 1.54) is 0 Å². The third kappa shape index (κ3) is 5.21. The van der Waals surface area contributed by atoms with Crippen molar-refractivity contribution >= 4 is 23.3 Å². The van der Waals surface area contributed by atoms with Gasteiger partial charge in [0.2, 0.25) is 0 Å². The van der Waals surface area contributed by atoms with Gasteiger partial charge in [0, 0.05) is 0 Å². The summed E-state index contributed by atoms with van der Waals surface area (Å²) >= 11 is 0. The standard InChI is InChI=1S/C6H13NO5.Al.3H/c8-2-6(3-9,4-10)7-1-5(11)12;;;;/h7-10H,1-4H2,(H,11,12);;;;. The van der Waals surface area contributed by atoms with Gasteiger partial charge in [0.1, 0.15) is 0 Å². The molecule has 13 heavy (non-hydrogen) atoms. The van der Waals surface area contributed by atoms with Crippen molar-refractivity contribution in [3.8, 4) is 0 Å². The number of hydrogen-bond acceptors (Lipinski definition) is 5. The van der Waals surface area contributed by atoms with Gasteiger partial charge in [-0.3, -0.25) is 10.1 Å². The van der Waals surface area contributed by atoms with Crippen molar-refractivity contribution in [1.29, 1.82) is 0 Å². The van der Waals surface area contributed by atoms with Gasteiger partial charge in [-0.05, 0) is 0 Å². The number of carboxylic acids is 1. The highest BCUT2D eigenvalue weighted by atomic mass is 27.0. The second kappa shape index (κ2) is 7.27. The molecular weight excluding hydrogens is 193 g/mol. The highest BCUT2D eigenvalue weighted by Crippen LogP contribution is 1.99. The van der Waals surface area contributed by atoms with E-state index in [9.17, 15) is 4.79 Å². The van der Waals surface area contributed by atoms with Crippen molar-refractivity contribution in [1.82, 2.24) is 5.32 Å². The van der Waals surface area contributed by atoms with E-state index in [0.29, 0.717) is 0 Å². The molecule has 0 rings (SSSR count). The normalized spacial score (nSPS) is 10.7. The van der Waals surface area contributed by atoms with Crippen LogP contribution in [0.2, 0.25) is 0 Å². The fraction of sp³-hybridized carbons (Fsp3) is 0.833. The van der Waals surface area contributed by atoms with Gasteiger partial charge >= 0.3 is 5.97 Å². The van der Waals surface area contributed by atoms with Gasteiger partial charge < -0.3 is 20.4 Å². The number of aliphatic hydroxyl groups excluding tert-OH is 3. The molecule has 0 bridgehead atoms. The fourth-order valence-corrected chi connectivity index (χ4v) is 0.581. The maximum Gasteiger partial charge on any atom is 0.317 e. The molecule has 0 amide bonds. The first kappa shape index (κ1) is 15.3. The molecule has 0 aromatic rings. The van der Waals surface area contributed by atoms with E-state index in [1.807, 2.05) is 0 Å². The third-order valence-electron chi connectivity index (χ3n) is 1.52. The zero-order chi connectivity index (χ0) is 9.61. The average Bonchev–Trinajstić information content (AvgIpc) is 2.08. The lowest BCUT2D eigenvalue weighted by Crippen LogP contribution is -2.56. The number of nitrogens with one attached hydrogen (secondary N) is 1. The quantitative estimate of drug-likeness (QED) is 0.287. The summed E-state index contributed by atoms with van der Waals surface area (Å²) in [6.45, 7) is -1.98. The van der Waals surface area contributed by atoms with Crippen LogP contribution in [0, 0.1) is 0 Å². The molecule has 0 aromatic carbocycles. The van der Waals surface area contributed by atoms with Gasteiger partial charge in [0.25, 0.3) is 0 Å². The van der Waals surface area contributed by atoms with Crippen LogP contribution < -0.4 is 5.32 Å². The average molecular weight is 209 g/mol. The van der Waals surface area contributed by atoms with Crippen LogP contribution in [-0.4, -0.2) is 75.7 Å². The summed E-state index contributed by atoms with van der Waals surface area (Å²) in [5.74, 6) is -1.12. The maximum absolute atomic E-state index is 10.1. The van der Waals surface area contributed by atoms with Gasteiger partial charge in [-0.25, -0.2) is 0 Å². The van der Waals surface area contributed by atoms with Gasteiger partial charge in [0.05, 0.1) is 31.9 Å². The number of carbonyl (C=O) groups is 1. The molecule has 78 valence electrons. The lowest BCUT2D eigenvalue weighted by atomic mass is 10.0. The van der Waals surface area contributed by atoms with Gasteiger partial charge in [0.15, 0.2) is 17.4 Å². The molecule has 6 nitrogen and oxygen atoms in total. The van der Waals surface area contributed by atoms with E-state index in [0.717, 1.165) is 0 Å². The summed E-state index contributed by atoms with van der Waals surface area (Å²) in [5.41, 5.74) is -1.31. The van der Waals surface area contributed by atoms with Gasteiger partial charge in [-0.2, -0.15) is 0 Å². The van der Waals surface area contributed by atoms with Crippen LogP contribution in [0.4, 0.5) is 0 Å². The molecular formula is C6H16AlNO5. The summed E-state index contributed by atoms with van der Waals surface area (Å²) in [7, 11) is 0. The van der Waals surface area contributed by atoms with Crippen molar-refractivity contribution < 1.29 is 25.2 Å². The molecule has 5 N–H and O–H groups in total. The van der Waals surface area contributed by atoms with Crippen LogP contribution in [0.15, 0.2) is 0 Å². The van der Waals surface area contributed by atoms with Crippen LogP contribution in [0.1, 0.15) is 0 Å². The highest BCUT2D eigenvalue weighted by Gasteiger charge is 2.27. The molecule has 0 aliphatic heterocycles. The van der Waals surface area contributed by atoms with E-state index in [2.05, 4.69) is 5.32 Å². The Morgan fingerprint density at radius 3 is 1.77 bits per heavy atom. The molecule has 0 spiro atoms. The first-order chi connectivity index (χ1) is 5.60. The summed E-state index contributed by atoms with van der Waals surface area (Å²) in [5, 5.41) is 36.7. The second-order valence-electron chi connectivity index (χ2n) is 2.50. The summed E-state index contributed by atoms with van der Waals surface area (Å²) in [6.07, 6.45) is 0. The molecule has 0 fully saturated rings. The Bertz CT molecular complexity index is 142. The molecule has 0 aliphatic rings. The largest absolute Gasteiger partial charge is 0.480 e. The lowest BCUT2D eigenvalue weighted by molar-refractivity contribution is -0.136. The van der Waals surface area contributed by atoms with Crippen LogP contribution in [0.25, 0.3) is 0 Å². The number of hydrogen-bond donors (Lipinski definition) is 5. The first-order valence-corrected chi connectivity index (χ1v) is 3.39. The second-order valence-corrected chi connectivity index (χ2v) is 2.50. The van der Waals surface area contributed by atoms with Crippen molar-refractivity contribution in [3.63, 3.8) is 0 Å². The maximum atomic E-state index is 10.1. The predicted octanol–water partition coefficient (Wildman–Crippen LogP) is -3.81. The molecule has 0 aliphatic carbocycles. The Morgan fingerprint density at radius 1 is 1.15 bits per heavy atom. The van der Waals surface area contributed by atoms with Crippen molar-refractivity contribution in [2.24, 2.45) is 0 Å². The summed E-state index contributed by atoms with van der Waals surface area (Å²) in [6, 6.07) is 0. The fourth-order valence-electron chi connectivity index (χ4n) is 0.581. The van der Waals surface area contributed by atoms with E-state index in [4.69, 9.17) is 20.4 Å². The molecule has 0 saturated carbocycles. The molecule has 0 radical (unpaired) electrons. The minimum atomic E-state index is -1.31. The van der Waals surface area contributed by atoms with Crippen LogP contribution in [0.3, 0.4) is 0 Å². The monoisotopic (exact) mass is 209 g/mol. The Kier molecular flexibility index (Phi) is 8.56. The first-order valence-electron chi connectivity index (χ1n) is 3.39. The topological polar surface area (TPSA) is 110 Å². The summed E-state index contributed by atoms with van der Waals surface area (Å²) < 4.78 is 0. The molecule has 0 saturated heterocycles. The number of aliphatic hydroxyl groups is 3. The molecule has 0 aromatic heterocycles. The molecule has 0 atom stereocenters. The van der Waals surface area contributed by atoms with Crippen molar-refractivity contribution in [2.45, 2.75) is 5.54 Å². The van der Waals surface area contributed by atoms with E-state index >= 15 is 0 Å².